The van der Waals surface area contributed by atoms with Gasteiger partial charge in [-0.25, -0.2) is 8.42 Å². The summed E-state index contributed by atoms with van der Waals surface area (Å²) in [6.07, 6.45) is 3.07. The lowest BCUT2D eigenvalue weighted by Gasteiger charge is -2.19. The van der Waals surface area contributed by atoms with Crippen LogP contribution in [0.25, 0.3) is 0 Å². The highest BCUT2D eigenvalue weighted by Crippen LogP contribution is 2.28. The second-order valence-electron chi connectivity index (χ2n) is 6.32. The van der Waals surface area contributed by atoms with Crippen LogP contribution in [0.1, 0.15) is 26.7 Å². The van der Waals surface area contributed by atoms with E-state index in [1.807, 2.05) is 6.92 Å². The first-order valence-electron chi connectivity index (χ1n) is 8.63. The van der Waals surface area contributed by atoms with Crippen LogP contribution in [0.4, 0.5) is 0 Å². The Morgan fingerprint density at radius 3 is 2.43 bits per heavy atom. The first kappa shape index (κ1) is 20.0. The van der Waals surface area contributed by atoms with Gasteiger partial charge in [-0.15, -0.1) is 0 Å². The quantitative estimate of drug-likeness (QED) is 0.661. The van der Waals surface area contributed by atoms with Crippen molar-refractivity contribution >= 4 is 27.3 Å². The number of rotatable bonds is 6. The minimum absolute atomic E-state index is 0.105. The number of hydrogen-bond acceptors (Lipinski definition) is 4. The van der Waals surface area contributed by atoms with Crippen LogP contribution in [0.5, 0.6) is 0 Å². The summed E-state index contributed by atoms with van der Waals surface area (Å²) < 4.78 is 26.5. The van der Waals surface area contributed by atoms with E-state index in [-0.39, 0.29) is 11.4 Å². The number of halogens is 1. The molecule has 1 N–H and O–H groups in total. The normalized spacial score (nSPS) is 12.4. The van der Waals surface area contributed by atoms with Gasteiger partial charge in [0.15, 0.2) is 9.84 Å². The van der Waals surface area contributed by atoms with Crippen LogP contribution < -0.4 is 5.32 Å². The van der Waals surface area contributed by atoms with Gasteiger partial charge in [-0.2, -0.15) is 0 Å². The number of hydrogen-bond donors (Lipinski definition) is 1. The molecule has 7 heteroatoms. The number of pyridine rings is 1. The fourth-order valence-corrected chi connectivity index (χ4v) is 4.66. The Hall–Kier alpha value is -2.70. The number of nitrogens with one attached hydrogen (secondary N) is 1. The molecule has 1 amide bonds. The van der Waals surface area contributed by atoms with Crippen molar-refractivity contribution in [3.05, 3.63) is 94.8 Å². The molecule has 1 aromatic heterocycles. The Balaban J connectivity index is 1.91. The van der Waals surface area contributed by atoms with Crippen LogP contribution in [0.3, 0.4) is 0 Å². The minimum atomic E-state index is -3.75. The summed E-state index contributed by atoms with van der Waals surface area (Å²) in [5.74, 6) is -0.432. The molecule has 2 aromatic carbocycles. The molecular formula is C21H19ClN2O3S. The third kappa shape index (κ3) is 4.40. The molecular weight excluding hydrogens is 396 g/mol. The highest BCUT2D eigenvalue weighted by molar-refractivity contribution is 7.91. The molecule has 3 aromatic rings. The molecule has 0 aliphatic carbocycles. The first-order chi connectivity index (χ1) is 13.4. The molecule has 0 bridgehead atoms. The van der Waals surface area contributed by atoms with Crippen molar-refractivity contribution < 1.29 is 13.2 Å². The van der Waals surface area contributed by atoms with E-state index in [2.05, 4.69) is 10.3 Å². The zero-order valence-corrected chi connectivity index (χ0v) is 16.7. The summed E-state index contributed by atoms with van der Waals surface area (Å²) in [5, 5.41) is 2.02. The zero-order valence-electron chi connectivity index (χ0n) is 15.2. The SMILES string of the molecule is Cc1ccc(S(=O)(=O)C(CNC(=O)c2ccccc2Cl)c2cccnc2)cc1. The van der Waals surface area contributed by atoms with Crippen LogP contribution in [-0.2, 0) is 9.84 Å². The Morgan fingerprint density at radius 1 is 1.07 bits per heavy atom. The molecule has 0 spiro atoms. The predicted octanol–water partition coefficient (Wildman–Crippen LogP) is 3.99. The fourth-order valence-electron chi connectivity index (χ4n) is 2.79. The van der Waals surface area contributed by atoms with Crippen molar-refractivity contribution in [3.8, 4) is 0 Å². The molecule has 5 nitrogen and oxygen atoms in total. The van der Waals surface area contributed by atoms with Crippen molar-refractivity contribution in [1.29, 1.82) is 0 Å². The highest BCUT2D eigenvalue weighted by Gasteiger charge is 2.30. The average Bonchev–Trinajstić information content (AvgIpc) is 2.69. The van der Waals surface area contributed by atoms with E-state index in [9.17, 15) is 13.2 Å². The number of aryl methyl sites for hydroxylation is 1. The lowest BCUT2D eigenvalue weighted by atomic mass is 10.2. The number of carbonyl (C=O) groups excluding carboxylic acids is 1. The Labute approximate surface area is 169 Å². The third-order valence-electron chi connectivity index (χ3n) is 4.35. The molecule has 0 aliphatic rings. The molecule has 0 saturated carbocycles. The summed E-state index contributed by atoms with van der Waals surface area (Å²) >= 11 is 6.06. The van der Waals surface area contributed by atoms with Gasteiger partial charge >= 0.3 is 0 Å². The molecule has 28 heavy (non-hydrogen) atoms. The van der Waals surface area contributed by atoms with Crippen molar-refractivity contribution in [2.45, 2.75) is 17.1 Å². The van der Waals surface area contributed by atoms with Crippen LogP contribution in [0.15, 0.2) is 78.0 Å². The van der Waals surface area contributed by atoms with E-state index in [0.717, 1.165) is 5.56 Å². The maximum absolute atomic E-state index is 13.3. The van der Waals surface area contributed by atoms with Crippen LogP contribution in [0.2, 0.25) is 5.02 Å². The van der Waals surface area contributed by atoms with Gasteiger partial charge in [0.1, 0.15) is 5.25 Å². The Kier molecular flexibility index (Phi) is 6.11. The Morgan fingerprint density at radius 2 is 1.79 bits per heavy atom. The molecule has 0 fully saturated rings. The highest BCUT2D eigenvalue weighted by atomic mass is 35.5. The lowest BCUT2D eigenvalue weighted by molar-refractivity contribution is 0.0954. The topological polar surface area (TPSA) is 76.1 Å². The Bertz CT molecular complexity index is 1070. The second kappa shape index (κ2) is 8.54. The number of aromatic nitrogens is 1. The van der Waals surface area contributed by atoms with Gasteiger partial charge in [0, 0.05) is 18.9 Å². The van der Waals surface area contributed by atoms with Gasteiger partial charge in [-0.3, -0.25) is 9.78 Å². The maximum atomic E-state index is 13.3. The monoisotopic (exact) mass is 414 g/mol. The van der Waals surface area contributed by atoms with Crippen LogP contribution in [0, 0.1) is 6.92 Å². The van der Waals surface area contributed by atoms with Crippen molar-refractivity contribution in [2.24, 2.45) is 0 Å². The maximum Gasteiger partial charge on any atom is 0.252 e. The van der Waals surface area contributed by atoms with Gasteiger partial charge in [0.2, 0.25) is 0 Å². The van der Waals surface area contributed by atoms with Crippen LogP contribution in [-0.4, -0.2) is 25.9 Å². The summed E-state index contributed by atoms with van der Waals surface area (Å²) in [7, 11) is -3.75. The molecule has 3 rings (SSSR count). The van der Waals surface area contributed by atoms with Crippen LogP contribution >= 0.6 is 11.6 Å². The van der Waals surface area contributed by atoms with Gasteiger partial charge < -0.3 is 5.32 Å². The van der Waals surface area contributed by atoms with Gasteiger partial charge in [-0.1, -0.05) is 47.5 Å². The van der Waals surface area contributed by atoms with Crippen molar-refractivity contribution in [2.75, 3.05) is 6.54 Å². The zero-order chi connectivity index (χ0) is 20.1. The second-order valence-corrected chi connectivity index (χ2v) is 8.86. The molecule has 1 heterocycles. The number of carbonyl (C=O) groups is 1. The predicted molar refractivity (Wildman–Crippen MR) is 109 cm³/mol. The van der Waals surface area contributed by atoms with Crippen molar-refractivity contribution in [3.63, 3.8) is 0 Å². The van der Waals surface area contributed by atoms with Gasteiger partial charge in [0.25, 0.3) is 5.91 Å². The van der Waals surface area contributed by atoms with E-state index in [4.69, 9.17) is 11.6 Å². The average molecular weight is 415 g/mol. The lowest BCUT2D eigenvalue weighted by Crippen LogP contribution is -2.32. The molecule has 0 aliphatic heterocycles. The number of benzene rings is 2. The van der Waals surface area contributed by atoms with E-state index < -0.39 is 21.0 Å². The summed E-state index contributed by atoms with van der Waals surface area (Å²) in [5.41, 5.74) is 1.76. The van der Waals surface area contributed by atoms with Gasteiger partial charge in [-0.05, 0) is 42.8 Å². The number of sulfone groups is 1. The summed E-state index contributed by atoms with van der Waals surface area (Å²) in [4.78, 5) is 16.7. The van der Waals surface area contributed by atoms with E-state index in [1.54, 1.807) is 66.9 Å². The standard InChI is InChI=1S/C21H19ClN2O3S/c1-15-8-10-17(11-9-15)28(26,27)20(16-5-4-12-23-13-16)14-24-21(25)18-6-2-3-7-19(18)22/h2-13,20H,14H2,1H3,(H,24,25). The van der Waals surface area contributed by atoms with Crippen molar-refractivity contribution in [1.82, 2.24) is 10.3 Å². The molecule has 1 atom stereocenters. The molecule has 0 saturated heterocycles. The van der Waals surface area contributed by atoms with E-state index >= 15 is 0 Å². The number of amides is 1. The summed E-state index contributed by atoms with van der Waals surface area (Å²) in [6, 6.07) is 16.6. The largest absolute Gasteiger partial charge is 0.350 e. The molecule has 1 unspecified atom stereocenters. The van der Waals surface area contributed by atoms with E-state index in [1.165, 1.54) is 6.20 Å². The third-order valence-corrected chi connectivity index (χ3v) is 6.79. The fraction of sp³-hybridized carbons (Fsp3) is 0.143. The van der Waals surface area contributed by atoms with E-state index in [0.29, 0.717) is 16.1 Å². The molecule has 144 valence electrons. The number of nitrogens with zero attached hydrogens (tertiary/aromatic N) is 1. The minimum Gasteiger partial charge on any atom is -0.350 e. The summed E-state index contributed by atoms with van der Waals surface area (Å²) in [6.45, 7) is 1.78. The smallest absolute Gasteiger partial charge is 0.252 e. The van der Waals surface area contributed by atoms with Gasteiger partial charge in [0.05, 0.1) is 15.5 Å². The first-order valence-corrected chi connectivity index (χ1v) is 10.6. The molecule has 0 radical (unpaired) electrons.